The number of hydrogen-bond donors (Lipinski definition) is 0. The van der Waals surface area contributed by atoms with Gasteiger partial charge >= 0.3 is 0 Å². The minimum absolute atomic E-state index is 0.00211. The van der Waals surface area contributed by atoms with Crippen LogP contribution in [0.2, 0.25) is 0 Å². The molecule has 0 atom stereocenters. The van der Waals surface area contributed by atoms with E-state index in [1.165, 1.54) is 12.0 Å². The quantitative estimate of drug-likeness (QED) is 0.0421. The summed E-state index contributed by atoms with van der Waals surface area (Å²) in [6, 6.07) is 67.7. The molecule has 15 nitrogen and oxygen atoms in total. The summed E-state index contributed by atoms with van der Waals surface area (Å²) in [5.74, 6) is 4.53. The maximum absolute atomic E-state index is 13.7. The summed E-state index contributed by atoms with van der Waals surface area (Å²) in [7, 11) is 4.92. The van der Waals surface area contributed by atoms with Gasteiger partial charge in [-0.15, -0.1) is 0 Å². The number of nitrogens with zero attached hydrogens (tertiary/aromatic N) is 6. The number of benzene rings is 7. The van der Waals surface area contributed by atoms with Gasteiger partial charge in [0.2, 0.25) is 11.8 Å². The summed E-state index contributed by atoms with van der Waals surface area (Å²) in [4.78, 5) is 58.3. The Labute approximate surface area is 609 Å². The Balaban J connectivity index is 0.000000180. The lowest BCUT2D eigenvalue weighted by Crippen LogP contribution is -2.38. The molecule has 103 heavy (non-hydrogen) atoms. The van der Waals surface area contributed by atoms with Crippen molar-refractivity contribution in [3.8, 4) is 34.5 Å². The van der Waals surface area contributed by atoms with E-state index in [0.717, 1.165) is 95.0 Å². The molecule has 1 aliphatic rings. The van der Waals surface area contributed by atoms with Crippen molar-refractivity contribution in [2.75, 3.05) is 41.0 Å². The molecule has 3 aromatic heterocycles. The van der Waals surface area contributed by atoms with E-state index in [-0.39, 0.29) is 35.0 Å². The van der Waals surface area contributed by atoms with Crippen molar-refractivity contribution in [1.82, 2.24) is 29.7 Å². The molecule has 1 saturated carbocycles. The van der Waals surface area contributed by atoms with Crippen LogP contribution in [0.15, 0.2) is 243 Å². The van der Waals surface area contributed by atoms with Gasteiger partial charge in [-0.05, 0) is 160 Å². The van der Waals surface area contributed by atoms with Crippen molar-refractivity contribution >= 4 is 17.7 Å². The molecule has 7 aromatic carbocycles. The molecule has 1 aliphatic carbocycles. The van der Waals surface area contributed by atoms with Gasteiger partial charge in [0.25, 0.3) is 5.91 Å². The fourth-order valence-electron chi connectivity index (χ4n) is 12.1. The summed E-state index contributed by atoms with van der Waals surface area (Å²) in [5, 5.41) is 0. The largest absolute Gasteiger partial charge is 0.493 e. The Morgan fingerprint density at radius 1 is 0.408 bits per heavy atom. The van der Waals surface area contributed by atoms with Gasteiger partial charge in [0, 0.05) is 93.8 Å². The van der Waals surface area contributed by atoms with Crippen LogP contribution < -0.4 is 28.4 Å². The second-order valence-corrected chi connectivity index (χ2v) is 27.2. The molecule has 3 amide bonds. The highest BCUT2D eigenvalue weighted by Gasteiger charge is 2.27. The zero-order chi connectivity index (χ0) is 72.6. The highest BCUT2D eigenvalue weighted by molar-refractivity contribution is 5.94. The third kappa shape index (κ3) is 24.5. The Morgan fingerprint density at radius 2 is 0.767 bits per heavy atom. The highest BCUT2D eigenvalue weighted by Crippen LogP contribution is 2.34. The van der Waals surface area contributed by atoms with Crippen molar-refractivity contribution in [3.05, 3.63) is 305 Å². The normalized spacial score (nSPS) is 11.9. The molecule has 11 rings (SSSR count). The molecule has 3 heterocycles. The summed E-state index contributed by atoms with van der Waals surface area (Å²) in [6.07, 6.45) is 18.7. The first kappa shape index (κ1) is 76.4. The lowest BCUT2D eigenvalue weighted by atomic mass is 9.86. The predicted octanol–water partition coefficient (Wildman–Crippen LogP) is 17.6. The average Bonchev–Trinajstić information content (AvgIpc) is 0.842. The van der Waals surface area contributed by atoms with Gasteiger partial charge in [-0.3, -0.25) is 29.3 Å². The zero-order valence-electron chi connectivity index (χ0n) is 61.1. The smallest absolute Gasteiger partial charge is 0.254 e. The monoisotopic (exact) mass is 1380 g/mol. The number of amides is 3. The number of pyridine rings is 3. The number of ether oxygens (including phenoxy) is 6. The third-order valence-electron chi connectivity index (χ3n) is 18.1. The maximum Gasteiger partial charge on any atom is 0.254 e. The summed E-state index contributed by atoms with van der Waals surface area (Å²) < 4.78 is 34.8. The Bertz CT molecular complexity index is 4160. The van der Waals surface area contributed by atoms with Crippen LogP contribution in [-0.2, 0) is 73.7 Å². The van der Waals surface area contributed by atoms with Crippen LogP contribution in [0.4, 0.5) is 0 Å². The van der Waals surface area contributed by atoms with E-state index < -0.39 is 0 Å². The minimum Gasteiger partial charge on any atom is -0.493 e. The standard InChI is InChI=1S/C33H36N2O3.C29H34N2O3.C26H30N2O3/c1-33(2,3)29-15-13-28(14-16-29)32(36)35(20-18-25-11-8-19-34-22-25)23-27-12-17-30(31(21-27)37-4)38-24-26-9-6-5-7-10-26;1-33-28-19-25(14-15-27(28)34-22-24-9-4-2-5-10-24)21-31(18-16-23-11-8-17-30-20-23)29(32)26-12-6-3-7-13-26;1-20(2)26(29)28(15-13-21-10-7-14-27-17-21)18-23-11-12-24(25(16-23)30-3)31-19-22-8-5-4-6-9-22/h5-17,19,21-22H,18,20,23-24H2,1-4H3;2,4-5,8-11,14-15,17,19-20,26H,3,6-7,12-13,16,18,21-22H2,1H3;4-12,14,16-17,20H,13,15,18-19H2,1-3H3. The first-order valence-electron chi connectivity index (χ1n) is 35.8. The molecule has 0 saturated heterocycles. The molecule has 1 fully saturated rings. The van der Waals surface area contributed by atoms with E-state index in [1.807, 2.05) is 235 Å². The van der Waals surface area contributed by atoms with Crippen molar-refractivity contribution in [2.24, 2.45) is 11.8 Å². The van der Waals surface area contributed by atoms with Crippen LogP contribution in [0.3, 0.4) is 0 Å². The van der Waals surface area contributed by atoms with E-state index in [0.29, 0.717) is 99.1 Å². The summed E-state index contributed by atoms with van der Waals surface area (Å²) >= 11 is 0. The maximum atomic E-state index is 13.7. The number of methoxy groups -OCH3 is 3. The molecular formula is C88H100N6O9. The Morgan fingerprint density at radius 3 is 1.13 bits per heavy atom. The van der Waals surface area contributed by atoms with Gasteiger partial charge in [-0.1, -0.05) is 193 Å². The van der Waals surface area contributed by atoms with Crippen LogP contribution in [0.25, 0.3) is 0 Å². The number of carbonyl (C=O) groups excluding carboxylic acids is 3. The fraction of sp³-hybridized carbons (Fsp3) is 0.318. The lowest BCUT2D eigenvalue weighted by Gasteiger charge is -2.30. The predicted molar refractivity (Wildman–Crippen MR) is 407 cm³/mol. The number of carbonyl (C=O) groups is 3. The molecule has 0 N–H and O–H groups in total. The van der Waals surface area contributed by atoms with Crippen LogP contribution in [0, 0.1) is 11.8 Å². The van der Waals surface area contributed by atoms with Gasteiger partial charge in [-0.25, -0.2) is 0 Å². The molecule has 10 aromatic rings. The third-order valence-corrected chi connectivity index (χ3v) is 18.1. The van der Waals surface area contributed by atoms with Gasteiger partial charge in [-0.2, -0.15) is 0 Å². The van der Waals surface area contributed by atoms with Gasteiger partial charge < -0.3 is 43.1 Å². The zero-order valence-corrected chi connectivity index (χ0v) is 61.1. The van der Waals surface area contributed by atoms with Crippen LogP contribution in [0.5, 0.6) is 34.5 Å². The number of hydrogen-bond acceptors (Lipinski definition) is 12. The second kappa shape index (κ2) is 40.0. The molecule has 536 valence electrons. The van der Waals surface area contributed by atoms with Gasteiger partial charge in [0.05, 0.1) is 21.3 Å². The molecule has 0 aliphatic heterocycles. The van der Waals surface area contributed by atoms with Crippen molar-refractivity contribution < 1.29 is 42.8 Å². The molecule has 0 bridgehead atoms. The molecule has 15 heteroatoms. The van der Waals surface area contributed by atoms with E-state index in [9.17, 15) is 14.4 Å². The molecular weight excluding hydrogens is 1290 g/mol. The molecule has 0 spiro atoms. The summed E-state index contributed by atoms with van der Waals surface area (Å²) in [6.45, 7) is 15.2. The first-order chi connectivity index (χ1) is 50.1. The topological polar surface area (TPSA) is 155 Å². The summed E-state index contributed by atoms with van der Waals surface area (Å²) in [5.41, 5.74) is 11.6. The van der Waals surface area contributed by atoms with E-state index in [4.69, 9.17) is 28.4 Å². The molecule has 0 unspecified atom stereocenters. The van der Waals surface area contributed by atoms with E-state index in [2.05, 4.69) is 53.9 Å². The van der Waals surface area contributed by atoms with Crippen LogP contribution in [-0.4, -0.2) is 88.3 Å². The Kier molecular flexibility index (Phi) is 29.7. The Hall–Kier alpha value is -10.8. The molecule has 0 radical (unpaired) electrons. The highest BCUT2D eigenvalue weighted by atomic mass is 16.5. The van der Waals surface area contributed by atoms with Crippen LogP contribution in [0.1, 0.15) is 133 Å². The van der Waals surface area contributed by atoms with Crippen molar-refractivity contribution in [1.29, 1.82) is 0 Å². The minimum atomic E-state index is -0.0655. The van der Waals surface area contributed by atoms with E-state index in [1.54, 1.807) is 39.9 Å². The second-order valence-electron chi connectivity index (χ2n) is 27.2. The van der Waals surface area contributed by atoms with E-state index >= 15 is 0 Å². The average molecular weight is 1390 g/mol. The van der Waals surface area contributed by atoms with Gasteiger partial charge in [0.15, 0.2) is 34.5 Å². The van der Waals surface area contributed by atoms with Crippen molar-refractivity contribution in [3.63, 3.8) is 0 Å². The van der Waals surface area contributed by atoms with Gasteiger partial charge in [0.1, 0.15) is 19.8 Å². The first-order valence-corrected chi connectivity index (χ1v) is 35.8. The SMILES string of the molecule is COc1cc(CN(CCc2cccnc2)C(=O)C(C)C)ccc1OCc1ccccc1.COc1cc(CN(CCc2cccnc2)C(=O)C2CCCCC2)ccc1OCc1ccccc1.COc1cc(CN(CCc2cccnc2)C(=O)c2ccc(C(C)(C)C)cc2)ccc1OCc1ccccc1. The lowest BCUT2D eigenvalue weighted by molar-refractivity contribution is -0.137. The number of rotatable bonds is 30. The van der Waals surface area contributed by atoms with Crippen LogP contribution >= 0.6 is 0 Å². The fourth-order valence-corrected chi connectivity index (χ4v) is 12.1. The van der Waals surface area contributed by atoms with Crippen molar-refractivity contribution in [2.45, 2.75) is 131 Å². The number of aromatic nitrogens is 3.